The minimum atomic E-state index is -4.35. The third-order valence-electron chi connectivity index (χ3n) is 6.96. The summed E-state index contributed by atoms with van der Waals surface area (Å²) >= 11 is 0. The summed E-state index contributed by atoms with van der Waals surface area (Å²) in [4.78, 5) is 24.0. The first-order valence-electron chi connectivity index (χ1n) is 13.6. The van der Waals surface area contributed by atoms with Gasteiger partial charge in [-0.2, -0.15) is 18.3 Å². The highest BCUT2D eigenvalue weighted by Gasteiger charge is 2.30. The smallest absolute Gasteiger partial charge is 0.362 e. The van der Waals surface area contributed by atoms with Gasteiger partial charge in [0.25, 0.3) is 5.91 Å². The number of nitrogens with one attached hydrogen (secondary N) is 4. The molecule has 2 aliphatic carbocycles. The van der Waals surface area contributed by atoms with Crippen LogP contribution in [0.1, 0.15) is 73.7 Å². The van der Waals surface area contributed by atoms with Gasteiger partial charge in [-0.15, -0.1) is 0 Å². The molecular formula is C27H35F5N6O2. The summed E-state index contributed by atoms with van der Waals surface area (Å²) < 4.78 is 62.8. The lowest BCUT2D eigenvalue weighted by molar-refractivity contribution is -0.144. The van der Waals surface area contributed by atoms with E-state index in [1.807, 2.05) is 12.1 Å². The van der Waals surface area contributed by atoms with Crippen LogP contribution in [0.25, 0.3) is 0 Å². The predicted octanol–water partition coefficient (Wildman–Crippen LogP) is 5.43. The van der Waals surface area contributed by atoms with Crippen molar-refractivity contribution < 1.29 is 31.5 Å². The minimum Gasteiger partial charge on any atom is -0.362 e. The second-order valence-corrected chi connectivity index (χ2v) is 10.6. The highest BCUT2D eigenvalue weighted by molar-refractivity contribution is 5.93. The summed E-state index contributed by atoms with van der Waals surface area (Å²) in [6.07, 6.45) is 2.13. The summed E-state index contributed by atoms with van der Waals surface area (Å²) in [6, 6.07) is 5.42. The number of nitrogens with zero attached hydrogens (tertiary/aromatic N) is 2. The number of alkyl halides is 5. The largest absolute Gasteiger partial charge is 0.389 e. The Kier molecular flexibility index (Phi) is 9.52. The lowest BCUT2D eigenvalue weighted by atomic mass is 9.97. The zero-order chi connectivity index (χ0) is 28.8. The first-order chi connectivity index (χ1) is 19.0. The first kappa shape index (κ1) is 29.6. The van der Waals surface area contributed by atoms with E-state index in [0.717, 1.165) is 29.9 Å². The quantitative estimate of drug-likeness (QED) is 0.302. The maximum absolute atomic E-state index is 12.4. The summed E-state index contributed by atoms with van der Waals surface area (Å²) in [6.45, 7) is 1.32. The Balaban J connectivity index is 0.000000398. The molecule has 0 bridgehead atoms. The van der Waals surface area contributed by atoms with Crippen LogP contribution in [0.4, 0.5) is 33.3 Å². The van der Waals surface area contributed by atoms with Crippen LogP contribution in [-0.4, -0.2) is 46.4 Å². The summed E-state index contributed by atoms with van der Waals surface area (Å²) in [5.74, 6) is -2.49. The molecule has 3 aliphatic rings. The highest BCUT2D eigenvalue weighted by Crippen LogP contribution is 2.33. The number of rotatable bonds is 9. The molecule has 1 unspecified atom stereocenters. The van der Waals surface area contributed by atoms with Gasteiger partial charge in [-0.05, 0) is 49.3 Å². The summed E-state index contributed by atoms with van der Waals surface area (Å²) in [5, 5.41) is 16.1. The van der Waals surface area contributed by atoms with Crippen LogP contribution in [0.5, 0.6) is 0 Å². The lowest BCUT2D eigenvalue weighted by Gasteiger charge is -2.20. The van der Waals surface area contributed by atoms with Crippen LogP contribution in [0.2, 0.25) is 0 Å². The molecule has 5 rings (SSSR count). The van der Waals surface area contributed by atoms with Gasteiger partial charge in [-0.25, -0.2) is 8.78 Å². The molecule has 4 N–H and O–H groups in total. The maximum atomic E-state index is 12.4. The number of fused-ring (bicyclic) bond motifs is 1. The van der Waals surface area contributed by atoms with Gasteiger partial charge in [0.15, 0.2) is 0 Å². The zero-order valence-electron chi connectivity index (χ0n) is 22.1. The van der Waals surface area contributed by atoms with Crippen molar-refractivity contribution in [3.05, 3.63) is 41.7 Å². The van der Waals surface area contributed by atoms with Gasteiger partial charge < -0.3 is 21.3 Å². The first-order valence-corrected chi connectivity index (χ1v) is 13.6. The molecule has 2 amide bonds. The average molecular weight is 571 g/mol. The number of amides is 2. The third kappa shape index (κ3) is 9.67. The van der Waals surface area contributed by atoms with Crippen molar-refractivity contribution in [3.63, 3.8) is 0 Å². The molecule has 1 aromatic carbocycles. The summed E-state index contributed by atoms with van der Waals surface area (Å²) in [5.41, 5.74) is 2.91. The molecule has 0 saturated heterocycles. The van der Waals surface area contributed by atoms with Crippen molar-refractivity contribution in [2.24, 2.45) is 5.92 Å². The van der Waals surface area contributed by atoms with Crippen LogP contribution < -0.4 is 21.3 Å². The fraction of sp³-hybridized carbons (Fsp3) is 0.593. The molecule has 2 aromatic rings. The van der Waals surface area contributed by atoms with E-state index in [0.29, 0.717) is 30.9 Å². The van der Waals surface area contributed by atoms with Gasteiger partial charge >= 0.3 is 6.18 Å². The van der Waals surface area contributed by atoms with Crippen molar-refractivity contribution >= 4 is 23.2 Å². The Morgan fingerprint density at radius 1 is 1.05 bits per heavy atom. The average Bonchev–Trinajstić information content (AvgIpc) is 3.42. The maximum Gasteiger partial charge on any atom is 0.389 e. The van der Waals surface area contributed by atoms with E-state index in [-0.39, 0.29) is 31.5 Å². The molecule has 40 heavy (non-hydrogen) atoms. The van der Waals surface area contributed by atoms with Crippen molar-refractivity contribution in [2.75, 3.05) is 17.2 Å². The molecule has 2 fully saturated rings. The molecule has 0 radical (unpaired) electrons. The molecule has 0 spiro atoms. The standard InChI is InChI=1S/C21H25F3N6O2.C6H10F2/c22-21(23,24)6-5-19(31)25-8-14-3-4-16-17(7-14)29-18(28-16)10-26-20(32)15-9-27-30(12-15)11-13-1-2-13;7-6(8)4-2-1-3-5-6/h3-4,7,9,12-13,18,28-29H,1-2,5-6,8,10-11H2,(H,25,31)(H,26,32);1-5H2. The van der Waals surface area contributed by atoms with Crippen LogP contribution in [0, 0.1) is 5.92 Å². The number of carbonyl (C=O) groups excluding carboxylic acids is 2. The van der Waals surface area contributed by atoms with Crippen molar-refractivity contribution in [1.82, 2.24) is 20.4 Å². The number of benzene rings is 1. The molecule has 1 aliphatic heterocycles. The molecule has 2 heterocycles. The fourth-order valence-electron chi connectivity index (χ4n) is 4.52. The van der Waals surface area contributed by atoms with E-state index >= 15 is 0 Å². The topological polar surface area (TPSA) is 100 Å². The highest BCUT2D eigenvalue weighted by atomic mass is 19.4. The second-order valence-electron chi connectivity index (χ2n) is 10.6. The third-order valence-corrected chi connectivity index (χ3v) is 6.96. The Hall–Kier alpha value is -3.38. The molecule has 13 heteroatoms. The number of hydrogen-bond donors (Lipinski definition) is 4. The number of aromatic nitrogens is 2. The van der Waals surface area contributed by atoms with Crippen LogP contribution in [0.3, 0.4) is 0 Å². The number of halogens is 5. The van der Waals surface area contributed by atoms with E-state index in [1.165, 1.54) is 12.8 Å². The van der Waals surface area contributed by atoms with Crippen LogP contribution in [-0.2, 0) is 17.9 Å². The molecule has 8 nitrogen and oxygen atoms in total. The van der Waals surface area contributed by atoms with Crippen LogP contribution in [0.15, 0.2) is 30.6 Å². The van der Waals surface area contributed by atoms with Crippen molar-refractivity contribution in [2.45, 2.75) is 89.1 Å². The second kappa shape index (κ2) is 12.9. The normalized spacial score (nSPS) is 19.4. The molecular weight excluding hydrogens is 535 g/mol. The molecule has 1 atom stereocenters. The van der Waals surface area contributed by atoms with Gasteiger partial charge in [-0.3, -0.25) is 14.3 Å². The fourth-order valence-corrected chi connectivity index (χ4v) is 4.52. The Morgan fingerprint density at radius 2 is 1.77 bits per heavy atom. The van der Waals surface area contributed by atoms with Gasteiger partial charge in [0.1, 0.15) is 6.17 Å². The van der Waals surface area contributed by atoms with Crippen molar-refractivity contribution in [3.8, 4) is 0 Å². The van der Waals surface area contributed by atoms with E-state index < -0.39 is 30.8 Å². The Morgan fingerprint density at radius 3 is 2.42 bits per heavy atom. The van der Waals surface area contributed by atoms with E-state index in [9.17, 15) is 31.5 Å². The number of carbonyl (C=O) groups is 2. The van der Waals surface area contributed by atoms with Crippen LogP contribution >= 0.6 is 0 Å². The predicted molar refractivity (Wildman–Crippen MR) is 140 cm³/mol. The van der Waals surface area contributed by atoms with Gasteiger partial charge in [0.05, 0.1) is 36.1 Å². The van der Waals surface area contributed by atoms with Gasteiger partial charge in [-0.1, -0.05) is 12.5 Å². The number of anilines is 2. The number of hydrogen-bond acceptors (Lipinski definition) is 5. The van der Waals surface area contributed by atoms with Gasteiger partial charge in [0.2, 0.25) is 11.8 Å². The van der Waals surface area contributed by atoms with Gasteiger partial charge in [0, 0.05) is 38.5 Å². The SMILES string of the molecule is FC1(F)CCCCC1.O=C(CCC(F)(F)F)NCc1ccc2c(c1)NC(CNC(=O)c1cnn(CC3CC3)c1)N2. The Labute approximate surface area is 229 Å². The Bertz CT molecular complexity index is 1160. The van der Waals surface area contributed by atoms with E-state index in [4.69, 9.17) is 0 Å². The van der Waals surface area contributed by atoms with E-state index in [2.05, 4.69) is 26.4 Å². The van der Waals surface area contributed by atoms with E-state index in [1.54, 1.807) is 23.1 Å². The molecule has 2 saturated carbocycles. The molecule has 1 aromatic heterocycles. The zero-order valence-corrected chi connectivity index (χ0v) is 22.1. The molecule has 220 valence electrons. The minimum absolute atomic E-state index is 0.118. The van der Waals surface area contributed by atoms with Crippen molar-refractivity contribution in [1.29, 1.82) is 0 Å². The monoisotopic (exact) mass is 570 g/mol. The summed E-state index contributed by atoms with van der Waals surface area (Å²) in [7, 11) is 0. The lowest BCUT2D eigenvalue weighted by Crippen LogP contribution is -2.38.